The van der Waals surface area contributed by atoms with Crippen LogP contribution in [0.3, 0.4) is 0 Å². The zero-order chi connectivity index (χ0) is 21.8. The summed E-state index contributed by atoms with van der Waals surface area (Å²) in [6.45, 7) is 7.40. The molecule has 2 N–H and O–H groups in total. The molecule has 0 bridgehead atoms. The molecule has 0 radical (unpaired) electrons. The number of nitrogens with one attached hydrogen (secondary N) is 2. The lowest BCUT2D eigenvalue weighted by molar-refractivity contribution is 0.251. The Hall–Kier alpha value is -3.12. The third kappa shape index (κ3) is 4.97. The van der Waals surface area contributed by atoms with Gasteiger partial charge in [-0.15, -0.1) is 0 Å². The van der Waals surface area contributed by atoms with Crippen molar-refractivity contribution < 1.29 is 4.79 Å². The van der Waals surface area contributed by atoms with Crippen LogP contribution >= 0.6 is 0 Å². The van der Waals surface area contributed by atoms with Gasteiger partial charge in [-0.1, -0.05) is 56.3 Å². The first kappa shape index (κ1) is 21.1. The molecule has 0 spiro atoms. The molecule has 2 amide bonds. The quantitative estimate of drug-likeness (QED) is 0.623. The fraction of sp³-hybridized carbons (Fsp3) is 0.360. The Morgan fingerprint density at radius 1 is 1.16 bits per heavy atom. The van der Waals surface area contributed by atoms with Crippen LogP contribution in [0.4, 0.5) is 10.5 Å². The summed E-state index contributed by atoms with van der Waals surface area (Å²) in [6, 6.07) is 16.6. The summed E-state index contributed by atoms with van der Waals surface area (Å²) in [5, 5.41) is 6.03. The van der Waals surface area contributed by atoms with E-state index in [0.29, 0.717) is 18.4 Å². The summed E-state index contributed by atoms with van der Waals surface area (Å²) >= 11 is 0. The number of aromatic nitrogens is 2. The molecule has 3 aromatic rings. The zero-order valence-electron chi connectivity index (χ0n) is 18.5. The average molecular weight is 418 g/mol. The Kier molecular flexibility index (Phi) is 6.37. The molecule has 0 fully saturated rings. The smallest absolute Gasteiger partial charge is 0.319 e. The van der Waals surface area contributed by atoms with Crippen molar-refractivity contribution in [2.45, 2.75) is 39.4 Å². The Balaban J connectivity index is 1.49. The highest BCUT2D eigenvalue weighted by molar-refractivity contribution is 5.90. The number of rotatable bonds is 6. The van der Waals surface area contributed by atoms with Crippen molar-refractivity contribution >= 4 is 11.7 Å². The maximum Gasteiger partial charge on any atom is 0.319 e. The van der Waals surface area contributed by atoms with E-state index in [1.54, 1.807) is 6.20 Å². The van der Waals surface area contributed by atoms with E-state index >= 15 is 0 Å². The van der Waals surface area contributed by atoms with Gasteiger partial charge in [-0.2, -0.15) is 0 Å². The number of likely N-dealkylation sites (N-methyl/N-ethyl adjacent to an activating group) is 1. The van der Waals surface area contributed by atoms with Gasteiger partial charge in [0.15, 0.2) is 0 Å². The van der Waals surface area contributed by atoms with Gasteiger partial charge in [-0.3, -0.25) is 0 Å². The van der Waals surface area contributed by atoms with Gasteiger partial charge in [0.1, 0.15) is 5.82 Å². The van der Waals surface area contributed by atoms with E-state index in [1.807, 2.05) is 24.4 Å². The summed E-state index contributed by atoms with van der Waals surface area (Å²) in [4.78, 5) is 19.4. The molecule has 6 heteroatoms. The van der Waals surface area contributed by atoms with Crippen molar-refractivity contribution in [3.05, 3.63) is 83.4 Å². The van der Waals surface area contributed by atoms with E-state index in [4.69, 9.17) is 0 Å². The minimum atomic E-state index is -0.211. The summed E-state index contributed by atoms with van der Waals surface area (Å²) in [7, 11) is 2.13. The summed E-state index contributed by atoms with van der Waals surface area (Å²) in [5.41, 5.74) is 4.64. The average Bonchev–Trinajstić information content (AvgIpc) is 3.19. The van der Waals surface area contributed by atoms with Crippen LogP contribution in [-0.4, -0.2) is 34.1 Å². The van der Waals surface area contributed by atoms with Crippen LogP contribution in [0.15, 0.2) is 60.9 Å². The van der Waals surface area contributed by atoms with Crippen LogP contribution in [0, 0.1) is 5.92 Å². The molecular weight excluding hydrogens is 386 g/mol. The molecule has 6 nitrogen and oxygen atoms in total. The van der Waals surface area contributed by atoms with Crippen LogP contribution < -0.4 is 10.6 Å². The van der Waals surface area contributed by atoms with E-state index in [1.165, 1.54) is 16.7 Å². The van der Waals surface area contributed by atoms with E-state index in [0.717, 1.165) is 31.1 Å². The molecule has 1 aliphatic rings. The van der Waals surface area contributed by atoms with Crippen LogP contribution in [0.1, 0.15) is 42.3 Å². The highest BCUT2D eigenvalue weighted by Crippen LogP contribution is 2.36. The molecule has 162 valence electrons. The molecule has 2 heterocycles. The number of fused-ring (bicyclic) bond motifs is 1. The number of imidazole rings is 1. The Bertz CT molecular complexity index is 1030. The number of hydrogen-bond acceptors (Lipinski definition) is 3. The zero-order valence-corrected chi connectivity index (χ0v) is 18.5. The molecule has 31 heavy (non-hydrogen) atoms. The molecular formula is C25H31N5O. The molecule has 0 saturated carbocycles. The number of carbonyl (C=O) groups is 1. The topological polar surface area (TPSA) is 62.2 Å². The van der Waals surface area contributed by atoms with Gasteiger partial charge in [0.25, 0.3) is 0 Å². The Morgan fingerprint density at radius 2 is 1.97 bits per heavy atom. The first-order chi connectivity index (χ1) is 15.0. The molecule has 0 saturated heterocycles. The fourth-order valence-corrected chi connectivity index (χ4v) is 4.33. The first-order valence-corrected chi connectivity index (χ1v) is 10.9. The predicted octanol–water partition coefficient (Wildman–Crippen LogP) is 4.44. The molecule has 1 unspecified atom stereocenters. The summed E-state index contributed by atoms with van der Waals surface area (Å²) in [6.07, 6.45) is 3.74. The number of urea groups is 1. The van der Waals surface area contributed by atoms with E-state index in [-0.39, 0.29) is 6.03 Å². The number of anilines is 1. The molecule has 0 aliphatic carbocycles. The fourth-order valence-electron chi connectivity index (χ4n) is 4.33. The highest BCUT2D eigenvalue weighted by Gasteiger charge is 2.26. The number of hydrogen-bond donors (Lipinski definition) is 2. The van der Waals surface area contributed by atoms with Gasteiger partial charge in [0.2, 0.25) is 0 Å². The monoisotopic (exact) mass is 417 g/mol. The van der Waals surface area contributed by atoms with Gasteiger partial charge in [0, 0.05) is 43.6 Å². The second kappa shape index (κ2) is 9.35. The van der Waals surface area contributed by atoms with Crippen molar-refractivity contribution in [1.29, 1.82) is 0 Å². The van der Waals surface area contributed by atoms with Gasteiger partial charge in [-0.05, 0) is 35.7 Å². The lowest BCUT2D eigenvalue weighted by atomic mass is 9.84. The van der Waals surface area contributed by atoms with Crippen LogP contribution in [0.2, 0.25) is 0 Å². The van der Waals surface area contributed by atoms with E-state index < -0.39 is 0 Å². The lowest BCUT2D eigenvalue weighted by Gasteiger charge is -2.34. The van der Waals surface area contributed by atoms with Crippen LogP contribution in [0.5, 0.6) is 0 Å². The molecule has 1 aromatic heterocycles. The summed E-state index contributed by atoms with van der Waals surface area (Å²) in [5.74, 6) is 1.68. The van der Waals surface area contributed by atoms with Crippen molar-refractivity contribution in [2.75, 3.05) is 18.9 Å². The molecule has 1 aliphatic heterocycles. The standard InChI is InChI=1S/C25H31N5O/c1-18(2)15-30-13-12-26-24(30)14-27-25(31)28-23-11-7-10-20-21(16-29(3)17-22(20)23)19-8-5-4-6-9-19/h4-13,18,21H,14-17H2,1-3H3,(H2,27,28,31). The van der Waals surface area contributed by atoms with Gasteiger partial charge < -0.3 is 20.1 Å². The second-order valence-corrected chi connectivity index (χ2v) is 8.73. The highest BCUT2D eigenvalue weighted by atomic mass is 16.2. The van der Waals surface area contributed by atoms with Crippen molar-refractivity contribution in [1.82, 2.24) is 19.8 Å². The van der Waals surface area contributed by atoms with Crippen molar-refractivity contribution in [3.63, 3.8) is 0 Å². The molecule has 1 atom stereocenters. The lowest BCUT2D eigenvalue weighted by Crippen LogP contribution is -2.33. The van der Waals surface area contributed by atoms with Gasteiger partial charge in [0.05, 0.1) is 6.54 Å². The van der Waals surface area contributed by atoms with Crippen molar-refractivity contribution in [2.24, 2.45) is 5.92 Å². The largest absolute Gasteiger partial charge is 0.333 e. The predicted molar refractivity (Wildman–Crippen MR) is 124 cm³/mol. The molecule has 4 rings (SSSR count). The maximum atomic E-state index is 12.7. The van der Waals surface area contributed by atoms with E-state index in [9.17, 15) is 4.79 Å². The minimum Gasteiger partial charge on any atom is -0.333 e. The van der Waals surface area contributed by atoms with Gasteiger partial charge in [-0.25, -0.2) is 9.78 Å². The SMILES string of the molecule is CC(C)Cn1ccnc1CNC(=O)Nc1cccc2c1CN(C)CC2c1ccccc1. The van der Waals surface area contributed by atoms with E-state index in [2.05, 4.69) is 76.3 Å². The number of amides is 2. The number of benzene rings is 2. The first-order valence-electron chi connectivity index (χ1n) is 10.9. The maximum absolute atomic E-state index is 12.7. The number of carbonyl (C=O) groups excluding carboxylic acids is 1. The van der Waals surface area contributed by atoms with Crippen LogP contribution in [-0.2, 0) is 19.6 Å². The Morgan fingerprint density at radius 3 is 2.74 bits per heavy atom. The second-order valence-electron chi connectivity index (χ2n) is 8.73. The molecule has 2 aromatic carbocycles. The van der Waals surface area contributed by atoms with Crippen LogP contribution in [0.25, 0.3) is 0 Å². The third-order valence-corrected chi connectivity index (χ3v) is 5.73. The minimum absolute atomic E-state index is 0.211. The Labute approximate surface area is 184 Å². The van der Waals surface area contributed by atoms with Crippen molar-refractivity contribution in [3.8, 4) is 0 Å². The normalized spacial score (nSPS) is 16.2. The van der Waals surface area contributed by atoms with Gasteiger partial charge >= 0.3 is 6.03 Å². The summed E-state index contributed by atoms with van der Waals surface area (Å²) < 4.78 is 2.09. The number of nitrogens with zero attached hydrogens (tertiary/aromatic N) is 3. The third-order valence-electron chi connectivity index (χ3n) is 5.73.